The molecule has 0 saturated heterocycles. The Hall–Kier alpha value is -1.16. The predicted octanol–water partition coefficient (Wildman–Crippen LogP) is 2.30. The van der Waals surface area contributed by atoms with Crippen LogP contribution in [-0.2, 0) is 0 Å². The van der Waals surface area contributed by atoms with Gasteiger partial charge in [-0.05, 0) is 17.0 Å². The van der Waals surface area contributed by atoms with Crippen LogP contribution in [0.4, 0.5) is 0 Å². The lowest BCUT2D eigenvalue weighted by Gasteiger charge is -2.14. The average molecular weight is 204 g/mol. The Kier molecular flexibility index (Phi) is 2.93. The predicted molar refractivity (Wildman–Crippen MR) is 59.9 cm³/mol. The van der Waals surface area contributed by atoms with E-state index in [2.05, 4.69) is 29.0 Å². The molecule has 3 heteroatoms. The Labute approximate surface area is 87.4 Å². The number of hydrogen-bond acceptors (Lipinski definition) is 3. The number of thiophene rings is 1. The summed E-state index contributed by atoms with van der Waals surface area (Å²) < 4.78 is 0. The van der Waals surface area contributed by atoms with Crippen LogP contribution in [0.1, 0.15) is 16.5 Å². The summed E-state index contributed by atoms with van der Waals surface area (Å²) in [5.74, 6) is 5.55. The minimum absolute atomic E-state index is 0.108. The zero-order valence-corrected chi connectivity index (χ0v) is 8.50. The van der Waals surface area contributed by atoms with E-state index < -0.39 is 0 Å². The molecule has 14 heavy (non-hydrogen) atoms. The van der Waals surface area contributed by atoms with Crippen LogP contribution in [0.25, 0.3) is 0 Å². The van der Waals surface area contributed by atoms with Crippen molar-refractivity contribution in [3.05, 3.63) is 58.3 Å². The molecule has 0 saturated carbocycles. The van der Waals surface area contributed by atoms with Gasteiger partial charge in [-0.25, -0.2) is 5.43 Å². The molecule has 0 radical (unpaired) electrons. The summed E-state index contributed by atoms with van der Waals surface area (Å²) in [6, 6.07) is 14.4. The van der Waals surface area contributed by atoms with Crippen LogP contribution in [0.15, 0.2) is 47.8 Å². The Morgan fingerprint density at radius 2 is 1.86 bits per heavy atom. The van der Waals surface area contributed by atoms with Gasteiger partial charge in [-0.15, -0.1) is 11.3 Å². The molecule has 0 aliphatic rings. The fourth-order valence-electron chi connectivity index (χ4n) is 1.44. The van der Waals surface area contributed by atoms with E-state index in [0.717, 1.165) is 0 Å². The van der Waals surface area contributed by atoms with E-state index in [1.807, 2.05) is 24.3 Å². The number of rotatable bonds is 3. The van der Waals surface area contributed by atoms with Crippen LogP contribution < -0.4 is 11.3 Å². The maximum atomic E-state index is 5.55. The average Bonchev–Trinajstić information content (AvgIpc) is 2.74. The first-order valence-electron chi connectivity index (χ1n) is 4.46. The number of benzene rings is 1. The summed E-state index contributed by atoms with van der Waals surface area (Å²) in [5, 5.41) is 2.06. The number of nitrogens with two attached hydrogens (primary N) is 1. The second-order valence-corrected chi connectivity index (χ2v) is 4.01. The maximum Gasteiger partial charge on any atom is 0.0802 e. The molecule has 1 atom stereocenters. The van der Waals surface area contributed by atoms with E-state index in [-0.39, 0.29) is 6.04 Å². The Morgan fingerprint density at radius 3 is 2.43 bits per heavy atom. The van der Waals surface area contributed by atoms with Gasteiger partial charge in [0.15, 0.2) is 0 Å². The molecule has 2 rings (SSSR count). The molecule has 3 N–H and O–H groups in total. The molecule has 0 spiro atoms. The van der Waals surface area contributed by atoms with Crippen LogP contribution in [0.3, 0.4) is 0 Å². The van der Waals surface area contributed by atoms with Gasteiger partial charge in [-0.1, -0.05) is 36.4 Å². The first-order chi connectivity index (χ1) is 6.92. The van der Waals surface area contributed by atoms with Gasteiger partial charge in [0.25, 0.3) is 0 Å². The van der Waals surface area contributed by atoms with Gasteiger partial charge in [0.1, 0.15) is 0 Å². The fourth-order valence-corrected chi connectivity index (χ4v) is 2.26. The normalized spacial score (nSPS) is 12.6. The highest BCUT2D eigenvalue weighted by molar-refractivity contribution is 7.10. The Bertz CT molecular complexity index is 369. The van der Waals surface area contributed by atoms with Crippen LogP contribution in [0.5, 0.6) is 0 Å². The van der Waals surface area contributed by atoms with E-state index in [4.69, 9.17) is 5.84 Å². The molecule has 72 valence electrons. The second-order valence-electron chi connectivity index (χ2n) is 3.03. The first kappa shape index (κ1) is 9.40. The van der Waals surface area contributed by atoms with Gasteiger partial charge < -0.3 is 0 Å². The molecular formula is C11H12N2S. The maximum absolute atomic E-state index is 5.55. The molecule has 0 unspecified atom stereocenters. The van der Waals surface area contributed by atoms with Crippen molar-refractivity contribution in [1.29, 1.82) is 0 Å². The third-order valence-electron chi connectivity index (χ3n) is 2.13. The van der Waals surface area contributed by atoms with Gasteiger partial charge in [0.05, 0.1) is 6.04 Å². The summed E-state index contributed by atoms with van der Waals surface area (Å²) in [4.78, 5) is 1.23. The molecule has 1 heterocycles. The summed E-state index contributed by atoms with van der Waals surface area (Å²) in [7, 11) is 0. The molecule has 0 bridgehead atoms. The SMILES string of the molecule is NN[C@H](c1ccccc1)c1cccs1. The van der Waals surface area contributed by atoms with Crippen molar-refractivity contribution in [2.75, 3.05) is 0 Å². The summed E-state index contributed by atoms with van der Waals surface area (Å²) in [5.41, 5.74) is 4.02. The monoisotopic (exact) mass is 204 g/mol. The Balaban J connectivity index is 2.31. The lowest BCUT2D eigenvalue weighted by Crippen LogP contribution is -2.28. The lowest BCUT2D eigenvalue weighted by molar-refractivity contribution is 0.646. The summed E-state index contributed by atoms with van der Waals surface area (Å²) in [6.07, 6.45) is 0. The minimum Gasteiger partial charge on any atom is -0.271 e. The van der Waals surface area contributed by atoms with Crippen molar-refractivity contribution in [3.63, 3.8) is 0 Å². The Morgan fingerprint density at radius 1 is 1.07 bits per heavy atom. The summed E-state index contributed by atoms with van der Waals surface area (Å²) in [6.45, 7) is 0. The smallest absolute Gasteiger partial charge is 0.0802 e. The van der Waals surface area contributed by atoms with E-state index >= 15 is 0 Å². The van der Waals surface area contributed by atoms with Gasteiger partial charge >= 0.3 is 0 Å². The van der Waals surface area contributed by atoms with Crippen LogP contribution in [0.2, 0.25) is 0 Å². The highest BCUT2D eigenvalue weighted by atomic mass is 32.1. The molecule has 1 aromatic carbocycles. The number of nitrogens with one attached hydrogen (secondary N) is 1. The van der Waals surface area contributed by atoms with Crippen molar-refractivity contribution in [3.8, 4) is 0 Å². The van der Waals surface area contributed by atoms with Crippen molar-refractivity contribution in [2.24, 2.45) is 5.84 Å². The highest BCUT2D eigenvalue weighted by Gasteiger charge is 2.11. The van der Waals surface area contributed by atoms with Crippen LogP contribution in [-0.4, -0.2) is 0 Å². The minimum atomic E-state index is 0.108. The topological polar surface area (TPSA) is 38.0 Å². The lowest BCUT2D eigenvalue weighted by atomic mass is 10.1. The van der Waals surface area contributed by atoms with Crippen molar-refractivity contribution in [1.82, 2.24) is 5.43 Å². The van der Waals surface area contributed by atoms with Crippen molar-refractivity contribution in [2.45, 2.75) is 6.04 Å². The van der Waals surface area contributed by atoms with Crippen molar-refractivity contribution < 1.29 is 0 Å². The second kappa shape index (κ2) is 4.37. The van der Waals surface area contributed by atoms with Crippen LogP contribution in [0, 0.1) is 0 Å². The van der Waals surface area contributed by atoms with Gasteiger partial charge in [-0.3, -0.25) is 5.84 Å². The third-order valence-corrected chi connectivity index (χ3v) is 3.06. The van der Waals surface area contributed by atoms with E-state index in [1.54, 1.807) is 11.3 Å². The third kappa shape index (κ3) is 1.85. The van der Waals surface area contributed by atoms with Gasteiger partial charge in [-0.2, -0.15) is 0 Å². The summed E-state index contributed by atoms with van der Waals surface area (Å²) >= 11 is 1.71. The molecule has 0 fully saturated rings. The zero-order valence-electron chi connectivity index (χ0n) is 7.68. The first-order valence-corrected chi connectivity index (χ1v) is 5.34. The number of hydrazine groups is 1. The van der Waals surface area contributed by atoms with E-state index in [1.165, 1.54) is 10.4 Å². The molecule has 2 nitrogen and oxygen atoms in total. The number of hydrogen-bond donors (Lipinski definition) is 2. The fraction of sp³-hybridized carbons (Fsp3) is 0.0909. The largest absolute Gasteiger partial charge is 0.271 e. The molecule has 0 amide bonds. The molecular weight excluding hydrogens is 192 g/mol. The van der Waals surface area contributed by atoms with E-state index in [9.17, 15) is 0 Å². The van der Waals surface area contributed by atoms with Crippen LogP contribution >= 0.6 is 11.3 Å². The molecule has 1 aromatic heterocycles. The van der Waals surface area contributed by atoms with Gasteiger partial charge in [0.2, 0.25) is 0 Å². The standard InChI is InChI=1S/C11H12N2S/c12-13-11(10-7-4-8-14-10)9-5-2-1-3-6-9/h1-8,11,13H,12H2/t11-/m1/s1. The van der Waals surface area contributed by atoms with Gasteiger partial charge in [0, 0.05) is 4.88 Å². The zero-order chi connectivity index (χ0) is 9.80. The molecule has 0 aliphatic heterocycles. The highest BCUT2D eigenvalue weighted by Crippen LogP contribution is 2.24. The molecule has 2 aromatic rings. The van der Waals surface area contributed by atoms with Crippen molar-refractivity contribution >= 4 is 11.3 Å². The molecule has 0 aliphatic carbocycles. The quantitative estimate of drug-likeness (QED) is 0.594. The van der Waals surface area contributed by atoms with E-state index in [0.29, 0.717) is 0 Å².